The molecule has 1 heterocycles. The Kier molecular flexibility index (Phi) is 3.06. The van der Waals surface area contributed by atoms with E-state index in [1.807, 2.05) is 18.4 Å². The van der Waals surface area contributed by atoms with E-state index in [2.05, 4.69) is 35.6 Å². The van der Waals surface area contributed by atoms with E-state index in [0.717, 1.165) is 16.9 Å². The van der Waals surface area contributed by atoms with Gasteiger partial charge in [-0.1, -0.05) is 30.0 Å². The van der Waals surface area contributed by atoms with E-state index in [1.165, 1.54) is 21.6 Å². The Bertz CT molecular complexity index is 623. The monoisotopic (exact) mass is 272 g/mol. The van der Waals surface area contributed by atoms with E-state index < -0.39 is 0 Å². The van der Waals surface area contributed by atoms with E-state index in [1.54, 1.807) is 11.8 Å². The number of anilines is 2. The van der Waals surface area contributed by atoms with Crippen LogP contribution in [0, 0.1) is 5.41 Å². The maximum atomic E-state index is 7.87. The molecule has 0 radical (unpaired) electrons. The van der Waals surface area contributed by atoms with E-state index >= 15 is 0 Å². The van der Waals surface area contributed by atoms with Crippen LogP contribution in [0.4, 0.5) is 11.4 Å². The van der Waals surface area contributed by atoms with Crippen LogP contribution in [0.2, 0.25) is 0 Å². The van der Waals surface area contributed by atoms with E-state index in [4.69, 9.17) is 5.41 Å². The predicted octanol–water partition coefficient (Wildman–Crippen LogP) is 4.58. The van der Waals surface area contributed by atoms with Crippen molar-refractivity contribution in [3.8, 4) is 0 Å². The summed E-state index contributed by atoms with van der Waals surface area (Å²) in [6.07, 6.45) is 1.93. The summed E-state index contributed by atoms with van der Waals surface area (Å²) in [6.45, 7) is 0. The SMILES string of the molecule is CSC(=N)c1ccc2c(c1)Nc1ccccc1S2. The van der Waals surface area contributed by atoms with Gasteiger partial charge in [0.1, 0.15) is 0 Å². The van der Waals surface area contributed by atoms with Crippen LogP contribution in [0.3, 0.4) is 0 Å². The van der Waals surface area contributed by atoms with Gasteiger partial charge in [-0.05, 0) is 30.5 Å². The lowest BCUT2D eigenvalue weighted by Crippen LogP contribution is -2.01. The molecule has 2 aromatic carbocycles. The first-order valence-corrected chi connectivity index (χ1v) is 7.63. The highest BCUT2D eigenvalue weighted by molar-refractivity contribution is 8.13. The summed E-state index contributed by atoms with van der Waals surface area (Å²) in [5, 5.41) is 11.9. The number of rotatable bonds is 1. The van der Waals surface area contributed by atoms with Crippen molar-refractivity contribution in [2.75, 3.05) is 11.6 Å². The van der Waals surface area contributed by atoms with Crippen molar-refractivity contribution >= 4 is 39.9 Å². The number of hydrogen-bond donors (Lipinski definition) is 2. The molecular formula is C14H12N2S2. The molecule has 2 aromatic rings. The molecule has 0 aromatic heterocycles. The average molecular weight is 272 g/mol. The summed E-state index contributed by atoms with van der Waals surface area (Å²) in [5.41, 5.74) is 3.20. The molecule has 0 saturated carbocycles. The zero-order chi connectivity index (χ0) is 12.5. The minimum atomic E-state index is 0.600. The second-order valence-corrected chi connectivity index (χ2v) is 5.87. The Morgan fingerprint density at radius 3 is 2.72 bits per heavy atom. The molecule has 2 nitrogen and oxygen atoms in total. The van der Waals surface area contributed by atoms with Crippen LogP contribution >= 0.6 is 23.5 Å². The molecule has 0 fully saturated rings. The fraction of sp³-hybridized carbons (Fsp3) is 0.0714. The Hall–Kier alpha value is -1.39. The van der Waals surface area contributed by atoms with Crippen molar-refractivity contribution in [2.45, 2.75) is 9.79 Å². The predicted molar refractivity (Wildman–Crippen MR) is 80.6 cm³/mol. The lowest BCUT2D eigenvalue weighted by molar-refractivity contribution is 1.31. The first kappa shape index (κ1) is 11.7. The summed E-state index contributed by atoms with van der Waals surface area (Å²) in [4.78, 5) is 2.46. The van der Waals surface area contributed by atoms with Crippen molar-refractivity contribution in [1.82, 2.24) is 0 Å². The Labute approximate surface area is 115 Å². The zero-order valence-corrected chi connectivity index (χ0v) is 11.5. The van der Waals surface area contributed by atoms with E-state index in [0.29, 0.717) is 5.04 Å². The third-order valence-corrected chi connectivity index (χ3v) is 4.62. The standard InChI is InChI=1S/C14H12N2S2/c1-17-14(15)9-6-7-13-11(8-9)16-10-4-2-3-5-12(10)18-13/h2-8,15-16H,1H3. The van der Waals surface area contributed by atoms with Crippen LogP contribution < -0.4 is 5.32 Å². The highest BCUT2D eigenvalue weighted by Crippen LogP contribution is 2.44. The van der Waals surface area contributed by atoms with Gasteiger partial charge in [-0.3, -0.25) is 5.41 Å². The van der Waals surface area contributed by atoms with Crippen molar-refractivity contribution in [2.24, 2.45) is 0 Å². The molecule has 0 unspecified atom stereocenters. The smallest absolute Gasteiger partial charge is 0.0940 e. The fourth-order valence-corrected chi connectivity index (χ4v) is 3.23. The van der Waals surface area contributed by atoms with E-state index in [-0.39, 0.29) is 0 Å². The maximum absolute atomic E-state index is 7.87. The van der Waals surface area contributed by atoms with Gasteiger partial charge in [0.25, 0.3) is 0 Å². The minimum absolute atomic E-state index is 0.600. The third kappa shape index (κ3) is 2.02. The molecular weight excluding hydrogens is 260 g/mol. The van der Waals surface area contributed by atoms with Crippen molar-refractivity contribution in [3.05, 3.63) is 48.0 Å². The van der Waals surface area contributed by atoms with Crippen molar-refractivity contribution in [1.29, 1.82) is 5.41 Å². The van der Waals surface area contributed by atoms with Crippen LogP contribution in [0.15, 0.2) is 52.3 Å². The quantitative estimate of drug-likeness (QED) is 0.502. The lowest BCUT2D eigenvalue weighted by atomic mass is 10.2. The number of fused-ring (bicyclic) bond motifs is 2. The van der Waals surface area contributed by atoms with Gasteiger partial charge in [0.05, 0.1) is 16.4 Å². The van der Waals surface area contributed by atoms with Gasteiger partial charge in [-0.25, -0.2) is 0 Å². The molecule has 0 amide bonds. The molecule has 1 aliphatic rings. The normalized spacial score (nSPS) is 12.3. The second-order valence-electron chi connectivity index (χ2n) is 3.97. The fourth-order valence-electron chi connectivity index (χ4n) is 1.90. The first-order valence-electron chi connectivity index (χ1n) is 5.59. The summed E-state index contributed by atoms with van der Waals surface area (Å²) >= 11 is 3.23. The summed E-state index contributed by atoms with van der Waals surface area (Å²) in [6, 6.07) is 14.4. The van der Waals surface area contributed by atoms with Crippen molar-refractivity contribution in [3.63, 3.8) is 0 Å². The van der Waals surface area contributed by atoms with Crippen LogP contribution in [0.5, 0.6) is 0 Å². The first-order chi connectivity index (χ1) is 8.78. The molecule has 18 heavy (non-hydrogen) atoms. The Balaban J connectivity index is 2.01. The maximum Gasteiger partial charge on any atom is 0.0940 e. The van der Waals surface area contributed by atoms with Gasteiger partial charge in [0.15, 0.2) is 0 Å². The van der Waals surface area contributed by atoms with Crippen LogP contribution in [0.25, 0.3) is 0 Å². The van der Waals surface area contributed by atoms with Gasteiger partial charge in [-0.15, -0.1) is 11.8 Å². The topological polar surface area (TPSA) is 35.9 Å². The molecule has 0 spiro atoms. The molecule has 1 aliphatic heterocycles. The molecule has 0 aliphatic carbocycles. The van der Waals surface area contributed by atoms with Crippen LogP contribution in [0.1, 0.15) is 5.56 Å². The average Bonchev–Trinajstić information content (AvgIpc) is 2.43. The van der Waals surface area contributed by atoms with Crippen LogP contribution in [-0.2, 0) is 0 Å². The summed E-state index contributed by atoms with van der Waals surface area (Å²) in [5.74, 6) is 0. The van der Waals surface area contributed by atoms with Gasteiger partial charge >= 0.3 is 0 Å². The highest BCUT2D eigenvalue weighted by Gasteiger charge is 2.15. The summed E-state index contributed by atoms with van der Waals surface area (Å²) in [7, 11) is 0. The number of benzene rings is 2. The third-order valence-electron chi connectivity index (χ3n) is 2.82. The van der Waals surface area contributed by atoms with E-state index in [9.17, 15) is 0 Å². The minimum Gasteiger partial charge on any atom is -0.354 e. The van der Waals surface area contributed by atoms with Gasteiger partial charge in [-0.2, -0.15) is 0 Å². The zero-order valence-electron chi connectivity index (χ0n) is 9.86. The van der Waals surface area contributed by atoms with Crippen molar-refractivity contribution < 1.29 is 0 Å². The summed E-state index contributed by atoms with van der Waals surface area (Å²) < 4.78 is 0. The molecule has 0 saturated heterocycles. The number of thioether (sulfide) groups is 1. The number of para-hydroxylation sites is 1. The highest BCUT2D eigenvalue weighted by atomic mass is 32.2. The Morgan fingerprint density at radius 1 is 1.11 bits per heavy atom. The lowest BCUT2D eigenvalue weighted by Gasteiger charge is -2.21. The molecule has 0 bridgehead atoms. The van der Waals surface area contributed by atoms with Gasteiger partial charge in [0.2, 0.25) is 0 Å². The largest absolute Gasteiger partial charge is 0.354 e. The molecule has 4 heteroatoms. The Morgan fingerprint density at radius 2 is 1.89 bits per heavy atom. The molecule has 90 valence electrons. The van der Waals surface area contributed by atoms with Gasteiger partial charge < -0.3 is 5.32 Å². The number of hydrogen-bond acceptors (Lipinski definition) is 4. The van der Waals surface area contributed by atoms with Crippen LogP contribution in [-0.4, -0.2) is 11.3 Å². The van der Waals surface area contributed by atoms with Gasteiger partial charge in [0, 0.05) is 15.4 Å². The number of nitrogens with one attached hydrogen (secondary N) is 2. The molecule has 0 atom stereocenters. The molecule has 2 N–H and O–H groups in total. The second kappa shape index (κ2) is 4.71. The molecule has 3 rings (SSSR count).